The lowest BCUT2D eigenvalue weighted by atomic mass is 10.1. The third-order valence-electron chi connectivity index (χ3n) is 6.27. The van der Waals surface area contributed by atoms with Gasteiger partial charge in [0.15, 0.2) is 0 Å². The van der Waals surface area contributed by atoms with Crippen molar-refractivity contribution in [1.29, 1.82) is 0 Å². The molecule has 136 valence electrons. The topological polar surface area (TPSA) is 35.6 Å². The quantitative estimate of drug-likeness (QED) is 0.894. The zero-order chi connectivity index (χ0) is 17.2. The second-order valence-corrected chi connectivity index (χ2v) is 8.00. The molecule has 1 aromatic rings. The van der Waals surface area contributed by atoms with Gasteiger partial charge >= 0.3 is 0 Å². The lowest BCUT2D eigenvalue weighted by Gasteiger charge is -2.19. The van der Waals surface area contributed by atoms with Gasteiger partial charge in [0.2, 0.25) is 5.91 Å². The normalized spacial score (nSPS) is 24.0. The molecule has 25 heavy (non-hydrogen) atoms. The number of fused-ring (bicyclic) bond motifs is 1. The predicted octanol–water partition coefficient (Wildman–Crippen LogP) is 2.95. The first-order valence-electron chi connectivity index (χ1n) is 10.1. The van der Waals surface area contributed by atoms with E-state index in [0.717, 1.165) is 39.1 Å². The summed E-state index contributed by atoms with van der Waals surface area (Å²) in [5.41, 5.74) is 4.31. The molecule has 2 fully saturated rings. The van der Waals surface area contributed by atoms with E-state index in [9.17, 15) is 4.79 Å². The predicted molar refractivity (Wildman–Crippen MR) is 102 cm³/mol. The molecule has 2 aliphatic heterocycles. The molecule has 1 atom stereocenters. The van der Waals surface area contributed by atoms with E-state index in [1.165, 1.54) is 48.9 Å². The molecule has 1 aliphatic carbocycles. The fraction of sp³-hybridized carbons (Fsp3) is 0.667. The van der Waals surface area contributed by atoms with Gasteiger partial charge in [0.25, 0.3) is 0 Å². The van der Waals surface area contributed by atoms with Gasteiger partial charge in [-0.25, -0.2) is 0 Å². The van der Waals surface area contributed by atoms with Crippen molar-refractivity contribution in [2.75, 3.05) is 31.1 Å². The molecule has 4 nitrogen and oxygen atoms in total. The van der Waals surface area contributed by atoms with E-state index in [0.29, 0.717) is 11.9 Å². The van der Waals surface area contributed by atoms with Crippen molar-refractivity contribution in [1.82, 2.24) is 10.2 Å². The van der Waals surface area contributed by atoms with Crippen molar-refractivity contribution in [3.8, 4) is 0 Å². The average Bonchev–Trinajstić information content (AvgIpc) is 3.34. The number of amides is 1. The van der Waals surface area contributed by atoms with Crippen LogP contribution in [0.5, 0.6) is 0 Å². The van der Waals surface area contributed by atoms with Gasteiger partial charge in [0.05, 0.1) is 5.92 Å². The van der Waals surface area contributed by atoms with Gasteiger partial charge < -0.3 is 10.2 Å². The number of anilines is 1. The zero-order valence-corrected chi connectivity index (χ0v) is 15.5. The van der Waals surface area contributed by atoms with E-state index in [-0.39, 0.29) is 5.92 Å². The molecular weight excluding hydrogens is 310 g/mol. The van der Waals surface area contributed by atoms with Gasteiger partial charge in [-0.3, -0.25) is 9.69 Å². The lowest BCUT2D eigenvalue weighted by molar-refractivity contribution is -0.125. The van der Waals surface area contributed by atoms with Crippen molar-refractivity contribution in [2.45, 2.75) is 58.0 Å². The largest absolute Gasteiger partial charge is 0.371 e. The summed E-state index contributed by atoms with van der Waals surface area (Å²) in [5.74, 6) is 0.479. The second kappa shape index (κ2) is 7.36. The summed E-state index contributed by atoms with van der Waals surface area (Å²) < 4.78 is 0. The summed E-state index contributed by atoms with van der Waals surface area (Å²) in [5, 5.41) is 3.28. The van der Waals surface area contributed by atoms with Gasteiger partial charge in [-0.15, -0.1) is 0 Å². The number of carbonyl (C=O) groups excluding carboxylic acids is 1. The maximum Gasteiger partial charge on any atom is 0.224 e. The second-order valence-electron chi connectivity index (χ2n) is 8.00. The number of rotatable bonds is 5. The van der Waals surface area contributed by atoms with Crippen LogP contribution >= 0.6 is 0 Å². The van der Waals surface area contributed by atoms with E-state index in [1.807, 2.05) is 0 Å². The molecule has 0 spiro atoms. The number of nitrogens with zero attached hydrogens (tertiary/aromatic N) is 2. The number of carbonyl (C=O) groups is 1. The van der Waals surface area contributed by atoms with E-state index in [4.69, 9.17) is 0 Å². The van der Waals surface area contributed by atoms with Crippen LogP contribution in [0, 0.1) is 5.92 Å². The fourth-order valence-electron chi connectivity index (χ4n) is 4.79. The molecule has 0 aromatic heterocycles. The van der Waals surface area contributed by atoms with Crippen molar-refractivity contribution >= 4 is 11.6 Å². The Hall–Kier alpha value is -1.55. The molecule has 3 aliphatic rings. The van der Waals surface area contributed by atoms with Crippen molar-refractivity contribution in [3.63, 3.8) is 0 Å². The van der Waals surface area contributed by atoms with E-state index < -0.39 is 0 Å². The Labute approximate surface area is 151 Å². The maximum absolute atomic E-state index is 12.5. The summed E-state index contributed by atoms with van der Waals surface area (Å²) >= 11 is 0. The Morgan fingerprint density at radius 1 is 1.20 bits per heavy atom. The third kappa shape index (κ3) is 3.69. The van der Waals surface area contributed by atoms with Crippen molar-refractivity contribution in [3.05, 3.63) is 29.3 Å². The minimum atomic E-state index is 0.186. The number of benzene rings is 1. The first kappa shape index (κ1) is 16.9. The molecule has 0 unspecified atom stereocenters. The van der Waals surface area contributed by atoms with Crippen LogP contribution in [0.25, 0.3) is 0 Å². The van der Waals surface area contributed by atoms with Gasteiger partial charge in [-0.05, 0) is 56.3 Å². The molecule has 0 radical (unpaired) electrons. The summed E-state index contributed by atoms with van der Waals surface area (Å²) in [6.07, 6.45) is 7.07. The third-order valence-corrected chi connectivity index (χ3v) is 6.27. The monoisotopic (exact) mass is 341 g/mol. The minimum absolute atomic E-state index is 0.186. The summed E-state index contributed by atoms with van der Waals surface area (Å²) in [7, 11) is 0. The molecular formula is C21H31N3O. The smallest absolute Gasteiger partial charge is 0.224 e. The van der Waals surface area contributed by atoms with Crippen LogP contribution in [0.3, 0.4) is 0 Å². The molecule has 1 amide bonds. The van der Waals surface area contributed by atoms with Crippen LogP contribution in [0.4, 0.5) is 5.69 Å². The first-order chi connectivity index (χ1) is 12.2. The average molecular weight is 341 g/mol. The number of hydrogen-bond donors (Lipinski definition) is 1. The Bertz CT molecular complexity index is 624. The van der Waals surface area contributed by atoms with Gasteiger partial charge in [0, 0.05) is 37.9 Å². The highest BCUT2D eigenvalue weighted by Crippen LogP contribution is 2.29. The van der Waals surface area contributed by atoms with Crippen LogP contribution in [-0.4, -0.2) is 43.0 Å². The van der Waals surface area contributed by atoms with Crippen LogP contribution in [-0.2, 0) is 17.8 Å². The Morgan fingerprint density at radius 3 is 2.84 bits per heavy atom. The molecule has 4 rings (SSSR count). The van der Waals surface area contributed by atoms with Crippen LogP contribution < -0.4 is 10.2 Å². The minimum Gasteiger partial charge on any atom is -0.371 e. The summed E-state index contributed by atoms with van der Waals surface area (Å²) in [4.78, 5) is 17.4. The van der Waals surface area contributed by atoms with Gasteiger partial charge in [-0.1, -0.05) is 25.0 Å². The standard InChI is InChI=1S/C21H31N3O/c1-2-24-12-10-17-13-16(7-8-20(17)24)14-23-11-9-18(15-23)21(25)22-19-5-3-4-6-19/h7-8,13,18-19H,2-6,9-12,14-15H2,1H3,(H,22,25)/t18-/m0/s1. The Morgan fingerprint density at radius 2 is 2.04 bits per heavy atom. The zero-order valence-electron chi connectivity index (χ0n) is 15.5. The summed E-state index contributed by atoms with van der Waals surface area (Å²) in [6, 6.07) is 7.40. The number of hydrogen-bond acceptors (Lipinski definition) is 3. The highest BCUT2D eigenvalue weighted by molar-refractivity contribution is 5.79. The molecule has 1 saturated heterocycles. The fourth-order valence-corrected chi connectivity index (χ4v) is 4.79. The highest BCUT2D eigenvalue weighted by atomic mass is 16.2. The summed E-state index contributed by atoms with van der Waals surface area (Å²) in [6.45, 7) is 7.41. The number of nitrogens with one attached hydrogen (secondary N) is 1. The Kier molecular flexibility index (Phi) is 4.98. The highest BCUT2D eigenvalue weighted by Gasteiger charge is 2.30. The molecule has 1 saturated carbocycles. The molecule has 4 heteroatoms. The van der Waals surface area contributed by atoms with Crippen LogP contribution in [0.1, 0.15) is 50.2 Å². The van der Waals surface area contributed by atoms with E-state index in [1.54, 1.807) is 0 Å². The molecule has 0 bridgehead atoms. The Balaban J connectivity index is 1.31. The number of likely N-dealkylation sites (N-methyl/N-ethyl adjacent to an activating group) is 1. The van der Waals surface area contributed by atoms with Crippen LogP contribution in [0.2, 0.25) is 0 Å². The SMILES string of the molecule is CCN1CCc2cc(CN3CC[C@H](C(=O)NC4CCCC4)C3)ccc21. The van der Waals surface area contributed by atoms with Crippen molar-refractivity contribution < 1.29 is 4.79 Å². The van der Waals surface area contributed by atoms with E-state index >= 15 is 0 Å². The van der Waals surface area contributed by atoms with Crippen LogP contribution in [0.15, 0.2) is 18.2 Å². The van der Waals surface area contributed by atoms with Gasteiger partial charge in [-0.2, -0.15) is 0 Å². The van der Waals surface area contributed by atoms with E-state index in [2.05, 4.69) is 40.2 Å². The lowest BCUT2D eigenvalue weighted by Crippen LogP contribution is -2.38. The van der Waals surface area contributed by atoms with Gasteiger partial charge in [0.1, 0.15) is 0 Å². The first-order valence-corrected chi connectivity index (χ1v) is 10.1. The molecule has 1 aromatic carbocycles. The molecule has 2 heterocycles. The van der Waals surface area contributed by atoms with Crippen molar-refractivity contribution in [2.24, 2.45) is 5.92 Å². The maximum atomic E-state index is 12.5. The molecule has 1 N–H and O–H groups in total. The number of likely N-dealkylation sites (tertiary alicyclic amines) is 1.